The third-order valence-electron chi connectivity index (χ3n) is 2.73. The number of amides is 1. The van der Waals surface area contributed by atoms with Gasteiger partial charge < -0.3 is 5.32 Å². The molecule has 1 aliphatic carbocycles. The van der Waals surface area contributed by atoms with Crippen LogP contribution >= 0.6 is 23.2 Å². The highest BCUT2D eigenvalue weighted by Gasteiger charge is 2.15. The second-order valence-corrected chi connectivity index (χ2v) is 5.07. The second kappa shape index (κ2) is 6.09. The van der Waals surface area contributed by atoms with Gasteiger partial charge in [-0.15, -0.1) is 0 Å². The number of halogens is 2. The summed E-state index contributed by atoms with van der Waals surface area (Å²) >= 11 is 12.0. The summed E-state index contributed by atoms with van der Waals surface area (Å²) in [7, 11) is 0. The van der Waals surface area contributed by atoms with E-state index in [9.17, 15) is 4.79 Å². The summed E-state index contributed by atoms with van der Waals surface area (Å²) in [5, 5.41) is 3.53. The molecule has 0 spiro atoms. The Kier molecular flexibility index (Phi) is 4.46. The molecule has 1 aromatic carbocycles. The molecular weight excluding hydrogens is 281 g/mol. The van der Waals surface area contributed by atoms with Crippen LogP contribution in [0, 0.1) is 0 Å². The molecule has 0 bridgehead atoms. The minimum absolute atomic E-state index is 0.289. The van der Waals surface area contributed by atoms with Gasteiger partial charge >= 0.3 is 0 Å². The van der Waals surface area contributed by atoms with Crippen LogP contribution in [-0.2, 0) is 0 Å². The van der Waals surface area contributed by atoms with Gasteiger partial charge in [0.1, 0.15) is 0 Å². The fourth-order valence-electron chi connectivity index (χ4n) is 1.74. The van der Waals surface area contributed by atoms with Crippen molar-refractivity contribution in [2.45, 2.75) is 13.3 Å². The standard InChI is InChI=1S/C15H13Cl2NO/c1-10-4-2-5-11(9-8-10)18-15(19)14-12(16)6-3-7-13(14)17/h2-4,6-9H,5H2,1H3,(H,18,19). The molecule has 1 N–H and O–H groups in total. The normalized spacial score (nSPS) is 14.5. The number of carbonyl (C=O) groups is 1. The van der Waals surface area contributed by atoms with Gasteiger partial charge in [-0.1, -0.05) is 53.1 Å². The van der Waals surface area contributed by atoms with Crippen molar-refractivity contribution in [3.8, 4) is 0 Å². The molecule has 0 aliphatic heterocycles. The molecule has 98 valence electrons. The zero-order chi connectivity index (χ0) is 13.8. The van der Waals surface area contributed by atoms with Crippen LogP contribution in [0.2, 0.25) is 10.0 Å². The monoisotopic (exact) mass is 293 g/mol. The SMILES string of the molecule is CC1=CC=C(NC(=O)c2c(Cl)cccc2Cl)CC=C1. The Morgan fingerprint density at radius 1 is 1.21 bits per heavy atom. The number of carbonyl (C=O) groups excluding carboxylic acids is 1. The summed E-state index contributed by atoms with van der Waals surface area (Å²) in [5.74, 6) is -0.289. The van der Waals surface area contributed by atoms with E-state index in [0.717, 1.165) is 11.3 Å². The number of allylic oxidation sites excluding steroid dienone is 5. The van der Waals surface area contributed by atoms with Crippen molar-refractivity contribution in [2.75, 3.05) is 0 Å². The van der Waals surface area contributed by atoms with Crippen LogP contribution in [0.25, 0.3) is 0 Å². The lowest BCUT2D eigenvalue weighted by Crippen LogP contribution is -2.23. The van der Waals surface area contributed by atoms with Crippen LogP contribution in [0.1, 0.15) is 23.7 Å². The molecule has 0 radical (unpaired) electrons. The summed E-state index contributed by atoms with van der Waals surface area (Å²) in [6.07, 6.45) is 8.52. The van der Waals surface area contributed by atoms with Gasteiger partial charge in [0.15, 0.2) is 0 Å². The minimum atomic E-state index is -0.289. The van der Waals surface area contributed by atoms with E-state index in [0.29, 0.717) is 22.0 Å². The van der Waals surface area contributed by atoms with Gasteiger partial charge in [-0.25, -0.2) is 0 Å². The van der Waals surface area contributed by atoms with Gasteiger partial charge in [-0.3, -0.25) is 4.79 Å². The Morgan fingerprint density at radius 3 is 2.58 bits per heavy atom. The highest BCUT2D eigenvalue weighted by molar-refractivity contribution is 6.39. The Morgan fingerprint density at radius 2 is 1.89 bits per heavy atom. The maximum atomic E-state index is 12.2. The number of nitrogens with one attached hydrogen (secondary N) is 1. The molecule has 0 saturated carbocycles. The van der Waals surface area contributed by atoms with E-state index in [2.05, 4.69) is 5.32 Å². The first kappa shape index (κ1) is 13.9. The van der Waals surface area contributed by atoms with Crippen molar-refractivity contribution in [1.82, 2.24) is 5.32 Å². The van der Waals surface area contributed by atoms with Gasteiger partial charge in [0, 0.05) is 12.1 Å². The largest absolute Gasteiger partial charge is 0.325 e. The zero-order valence-corrected chi connectivity index (χ0v) is 11.9. The van der Waals surface area contributed by atoms with Crippen LogP contribution in [0.5, 0.6) is 0 Å². The fraction of sp³-hybridized carbons (Fsp3) is 0.133. The molecule has 2 nitrogen and oxygen atoms in total. The molecule has 0 fully saturated rings. The number of benzene rings is 1. The van der Waals surface area contributed by atoms with Crippen molar-refractivity contribution < 1.29 is 4.79 Å². The summed E-state index contributed by atoms with van der Waals surface area (Å²) < 4.78 is 0. The number of hydrogen-bond acceptors (Lipinski definition) is 1. The van der Waals surface area contributed by atoms with Crippen LogP contribution < -0.4 is 5.32 Å². The summed E-state index contributed by atoms with van der Waals surface area (Å²) in [4.78, 5) is 12.2. The Balaban J connectivity index is 2.21. The third kappa shape index (κ3) is 3.49. The van der Waals surface area contributed by atoms with E-state index in [1.54, 1.807) is 18.2 Å². The first-order valence-electron chi connectivity index (χ1n) is 5.87. The lowest BCUT2D eigenvalue weighted by Gasteiger charge is -2.09. The molecule has 0 atom stereocenters. The van der Waals surface area contributed by atoms with Crippen molar-refractivity contribution in [2.24, 2.45) is 0 Å². The predicted molar refractivity (Wildman–Crippen MR) is 79.5 cm³/mol. The molecule has 1 amide bonds. The average Bonchev–Trinajstić information content (AvgIpc) is 2.54. The molecule has 4 heteroatoms. The Labute approximate surface area is 122 Å². The first-order chi connectivity index (χ1) is 9.08. The van der Waals surface area contributed by atoms with Crippen molar-refractivity contribution in [3.05, 3.63) is 69.4 Å². The molecule has 0 saturated heterocycles. The van der Waals surface area contributed by atoms with Gasteiger partial charge in [0.25, 0.3) is 5.91 Å². The van der Waals surface area contributed by atoms with Gasteiger partial charge in [0.2, 0.25) is 0 Å². The molecule has 0 heterocycles. The van der Waals surface area contributed by atoms with E-state index in [-0.39, 0.29) is 5.91 Å². The maximum absolute atomic E-state index is 12.2. The van der Waals surface area contributed by atoms with Gasteiger partial charge in [-0.2, -0.15) is 0 Å². The smallest absolute Gasteiger partial charge is 0.258 e. The van der Waals surface area contributed by atoms with Crippen molar-refractivity contribution >= 4 is 29.1 Å². The quantitative estimate of drug-likeness (QED) is 0.854. The van der Waals surface area contributed by atoms with Crippen molar-refractivity contribution in [1.29, 1.82) is 0 Å². The second-order valence-electron chi connectivity index (χ2n) is 4.26. The molecular formula is C15H13Cl2NO. The highest BCUT2D eigenvalue weighted by atomic mass is 35.5. The highest BCUT2D eigenvalue weighted by Crippen LogP contribution is 2.24. The zero-order valence-electron chi connectivity index (χ0n) is 10.4. The van der Waals surface area contributed by atoms with Crippen LogP contribution in [0.3, 0.4) is 0 Å². The molecule has 2 rings (SSSR count). The van der Waals surface area contributed by atoms with E-state index >= 15 is 0 Å². The molecule has 0 aromatic heterocycles. The number of hydrogen-bond donors (Lipinski definition) is 1. The fourth-order valence-corrected chi connectivity index (χ4v) is 2.31. The molecule has 1 aromatic rings. The van der Waals surface area contributed by atoms with E-state index in [1.807, 2.05) is 31.2 Å². The molecule has 19 heavy (non-hydrogen) atoms. The van der Waals surface area contributed by atoms with E-state index in [4.69, 9.17) is 23.2 Å². The average molecular weight is 294 g/mol. The Hall–Kier alpha value is -1.51. The van der Waals surface area contributed by atoms with Crippen molar-refractivity contribution in [3.63, 3.8) is 0 Å². The summed E-state index contributed by atoms with van der Waals surface area (Å²) in [5.41, 5.74) is 2.26. The van der Waals surface area contributed by atoms with E-state index in [1.165, 1.54) is 0 Å². The van der Waals surface area contributed by atoms with Gasteiger partial charge in [-0.05, 0) is 25.1 Å². The predicted octanol–water partition coefficient (Wildman–Crippen LogP) is 4.51. The van der Waals surface area contributed by atoms with Crippen LogP contribution in [0.4, 0.5) is 0 Å². The minimum Gasteiger partial charge on any atom is -0.325 e. The van der Waals surface area contributed by atoms with Crippen LogP contribution in [-0.4, -0.2) is 5.91 Å². The number of rotatable bonds is 2. The third-order valence-corrected chi connectivity index (χ3v) is 3.36. The topological polar surface area (TPSA) is 29.1 Å². The lowest BCUT2D eigenvalue weighted by atomic mass is 10.2. The lowest BCUT2D eigenvalue weighted by molar-refractivity contribution is 0.0965. The van der Waals surface area contributed by atoms with Gasteiger partial charge in [0.05, 0.1) is 15.6 Å². The maximum Gasteiger partial charge on any atom is 0.258 e. The Bertz CT molecular complexity index is 580. The molecule has 1 aliphatic rings. The molecule has 0 unspecified atom stereocenters. The first-order valence-corrected chi connectivity index (χ1v) is 6.63. The van der Waals surface area contributed by atoms with E-state index < -0.39 is 0 Å². The summed E-state index contributed by atoms with van der Waals surface area (Å²) in [6.45, 7) is 2.00. The van der Waals surface area contributed by atoms with Crippen LogP contribution in [0.15, 0.2) is 53.8 Å². The summed E-state index contributed by atoms with van der Waals surface area (Å²) in [6, 6.07) is 5.00.